The summed E-state index contributed by atoms with van der Waals surface area (Å²) in [6, 6.07) is 2.04. The third-order valence-electron chi connectivity index (χ3n) is 4.29. The van der Waals surface area contributed by atoms with Gasteiger partial charge in [-0.05, 0) is 44.1 Å². The van der Waals surface area contributed by atoms with Gasteiger partial charge in [0.05, 0.1) is 16.4 Å². The van der Waals surface area contributed by atoms with Crippen molar-refractivity contribution in [2.45, 2.75) is 39.0 Å². The molecule has 3 aromatic heterocycles. The smallest absolute Gasteiger partial charge is 0.263 e. The van der Waals surface area contributed by atoms with Crippen molar-refractivity contribution in [1.82, 2.24) is 15.3 Å². The minimum atomic E-state index is -0.0298. The Morgan fingerprint density at radius 3 is 2.92 bits per heavy atom. The monoisotopic (exact) mass is 389 g/mol. The molecule has 0 atom stereocenters. The van der Waals surface area contributed by atoms with Crippen LogP contribution in [0.25, 0.3) is 10.6 Å². The van der Waals surface area contributed by atoms with Crippen molar-refractivity contribution in [3.05, 3.63) is 43.0 Å². The maximum absolute atomic E-state index is 12.5. The van der Waals surface area contributed by atoms with Gasteiger partial charge in [-0.25, -0.2) is 9.97 Å². The van der Waals surface area contributed by atoms with Crippen molar-refractivity contribution in [3.63, 3.8) is 0 Å². The molecule has 1 aliphatic rings. The molecule has 0 unspecified atom stereocenters. The summed E-state index contributed by atoms with van der Waals surface area (Å²) in [4.78, 5) is 23.9. The molecule has 1 N–H and O–H groups in total. The number of hydrogen-bond acceptors (Lipinski definition) is 6. The van der Waals surface area contributed by atoms with Crippen molar-refractivity contribution < 1.29 is 4.79 Å². The Bertz CT molecular complexity index is 856. The van der Waals surface area contributed by atoms with Crippen LogP contribution in [0.1, 0.15) is 43.8 Å². The number of aryl methyl sites for hydroxylation is 3. The number of thiophene rings is 1. The van der Waals surface area contributed by atoms with Gasteiger partial charge in [0.1, 0.15) is 9.88 Å². The zero-order valence-electron chi connectivity index (χ0n) is 14.0. The fraction of sp³-hybridized carbons (Fsp3) is 0.389. The first-order valence-corrected chi connectivity index (χ1v) is 11.0. The highest BCUT2D eigenvalue weighted by molar-refractivity contribution is 7.17. The van der Waals surface area contributed by atoms with Crippen LogP contribution < -0.4 is 5.32 Å². The Morgan fingerprint density at radius 1 is 1.24 bits per heavy atom. The summed E-state index contributed by atoms with van der Waals surface area (Å²) in [7, 11) is 0. The largest absolute Gasteiger partial charge is 0.351 e. The van der Waals surface area contributed by atoms with Gasteiger partial charge in [0, 0.05) is 28.8 Å². The van der Waals surface area contributed by atoms with Crippen molar-refractivity contribution >= 4 is 39.9 Å². The van der Waals surface area contributed by atoms with Gasteiger partial charge in [-0.2, -0.15) is 11.3 Å². The van der Waals surface area contributed by atoms with Crippen LogP contribution in [0, 0.1) is 6.92 Å². The summed E-state index contributed by atoms with van der Waals surface area (Å²) in [5, 5.41) is 9.17. The summed E-state index contributed by atoms with van der Waals surface area (Å²) in [5.74, 6) is -0.0298. The predicted molar refractivity (Wildman–Crippen MR) is 105 cm³/mol. The molecular weight excluding hydrogens is 370 g/mol. The Morgan fingerprint density at radius 2 is 2.12 bits per heavy atom. The van der Waals surface area contributed by atoms with Crippen LogP contribution in [0.3, 0.4) is 0 Å². The molecule has 0 aliphatic heterocycles. The van der Waals surface area contributed by atoms with Gasteiger partial charge in [-0.1, -0.05) is 0 Å². The van der Waals surface area contributed by atoms with Gasteiger partial charge in [0.15, 0.2) is 0 Å². The highest BCUT2D eigenvalue weighted by Crippen LogP contribution is 2.29. The van der Waals surface area contributed by atoms with E-state index in [9.17, 15) is 4.79 Å². The van der Waals surface area contributed by atoms with E-state index in [1.54, 1.807) is 11.3 Å². The van der Waals surface area contributed by atoms with E-state index >= 15 is 0 Å². The molecule has 0 aromatic carbocycles. The average molecular weight is 390 g/mol. The van der Waals surface area contributed by atoms with Crippen LogP contribution in [0.15, 0.2) is 16.8 Å². The zero-order valence-corrected chi connectivity index (χ0v) is 16.5. The summed E-state index contributed by atoms with van der Waals surface area (Å²) >= 11 is 4.92. The number of amides is 1. The summed E-state index contributed by atoms with van der Waals surface area (Å²) < 4.78 is 0. The molecule has 4 rings (SSSR count). The van der Waals surface area contributed by atoms with E-state index in [1.165, 1.54) is 41.2 Å². The number of rotatable bonds is 5. The highest BCUT2D eigenvalue weighted by Gasteiger charge is 2.17. The molecule has 25 heavy (non-hydrogen) atoms. The normalized spacial score (nSPS) is 13.6. The second-order valence-electron chi connectivity index (χ2n) is 6.14. The number of carbonyl (C=O) groups is 1. The van der Waals surface area contributed by atoms with Crippen LogP contribution in [-0.2, 0) is 19.3 Å². The molecular formula is C18H19N3OS3. The molecule has 0 bridgehead atoms. The zero-order chi connectivity index (χ0) is 17.2. The lowest BCUT2D eigenvalue weighted by Gasteiger charge is -2.06. The molecule has 0 saturated heterocycles. The van der Waals surface area contributed by atoms with Crippen LogP contribution in [0.5, 0.6) is 0 Å². The third kappa shape index (κ3) is 3.68. The molecule has 0 radical (unpaired) electrons. The van der Waals surface area contributed by atoms with Crippen molar-refractivity contribution in [1.29, 1.82) is 0 Å². The lowest BCUT2D eigenvalue weighted by atomic mass is 10.0. The molecule has 3 heterocycles. The summed E-state index contributed by atoms with van der Waals surface area (Å²) in [6.07, 6.45) is 5.62. The first-order chi connectivity index (χ1) is 12.2. The fourth-order valence-corrected chi connectivity index (χ4v) is 5.84. The SMILES string of the molecule is Cc1nc(-c2ccsc2)sc1C(=O)NCCc1nc2c(s1)CCCC2. The quantitative estimate of drug-likeness (QED) is 0.699. The average Bonchev–Trinajstić information content (AvgIpc) is 3.33. The molecule has 4 nitrogen and oxygen atoms in total. The van der Waals surface area contributed by atoms with E-state index in [1.807, 2.05) is 29.7 Å². The lowest BCUT2D eigenvalue weighted by Crippen LogP contribution is -2.25. The van der Waals surface area contributed by atoms with Gasteiger partial charge in [-0.15, -0.1) is 22.7 Å². The van der Waals surface area contributed by atoms with Gasteiger partial charge < -0.3 is 5.32 Å². The topological polar surface area (TPSA) is 54.9 Å². The molecule has 3 aromatic rings. The first-order valence-electron chi connectivity index (χ1n) is 8.46. The number of nitrogens with zero attached hydrogens (tertiary/aromatic N) is 2. The molecule has 0 spiro atoms. The van der Waals surface area contributed by atoms with Crippen LogP contribution in [0.2, 0.25) is 0 Å². The number of thiazole rings is 2. The Kier molecular flexibility index (Phi) is 4.96. The molecule has 0 saturated carbocycles. The maximum Gasteiger partial charge on any atom is 0.263 e. The summed E-state index contributed by atoms with van der Waals surface area (Å²) in [6.45, 7) is 2.52. The Balaban J connectivity index is 1.37. The standard InChI is InChI=1S/C18H19N3OS3/c1-11-16(25-18(20-11)12-7-9-23-10-12)17(22)19-8-6-15-21-13-4-2-3-5-14(13)24-15/h7,9-10H,2-6,8H2,1H3,(H,19,22). The molecule has 1 amide bonds. The minimum Gasteiger partial charge on any atom is -0.351 e. The minimum absolute atomic E-state index is 0.0298. The van der Waals surface area contributed by atoms with E-state index < -0.39 is 0 Å². The maximum atomic E-state index is 12.5. The van der Waals surface area contributed by atoms with Gasteiger partial charge in [-0.3, -0.25) is 4.79 Å². The van der Waals surface area contributed by atoms with E-state index in [0.29, 0.717) is 11.4 Å². The Labute approximate surface area is 159 Å². The molecule has 0 fully saturated rings. The predicted octanol–water partition coefficient (Wildman–Crippen LogP) is 4.49. The second kappa shape index (κ2) is 7.35. The van der Waals surface area contributed by atoms with E-state index in [2.05, 4.69) is 15.7 Å². The number of carbonyl (C=O) groups excluding carboxylic acids is 1. The highest BCUT2D eigenvalue weighted by atomic mass is 32.1. The van der Waals surface area contributed by atoms with Crippen LogP contribution in [0.4, 0.5) is 0 Å². The molecule has 7 heteroatoms. The third-order valence-corrected chi connectivity index (χ3v) is 7.39. The van der Waals surface area contributed by atoms with E-state index in [0.717, 1.165) is 34.1 Å². The summed E-state index contributed by atoms with van der Waals surface area (Å²) in [5.41, 5.74) is 3.18. The first kappa shape index (κ1) is 16.9. The lowest BCUT2D eigenvalue weighted by molar-refractivity contribution is 0.0957. The second-order valence-corrected chi connectivity index (χ2v) is 9.08. The van der Waals surface area contributed by atoms with Crippen molar-refractivity contribution in [2.24, 2.45) is 0 Å². The number of fused-ring (bicyclic) bond motifs is 1. The Hall–Kier alpha value is -1.57. The van der Waals surface area contributed by atoms with Crippen LogP contribution >= 0.6 is 34.0 Å². The van der Waals surface area contributed by atoms with E-state index in [4.69, 9.17) is 4.98 Å². The van der Waals surface area contributed by atoms with Crippen molar-refractivity contribution in [2.75, 3.05) is 6.54 Å². The van der Waals surface area contributed by atoms with Gasteiger partial charge >= 0.3 is 0 Å². The fourth-order valence-electron chi connectivity index (χ4n) is 2.99. The van der Waals surface area contributed by atoms with Crippen LogP contribution in [-0.4, -0.2) is 22.4 Å². The number of hydrogen-bond donors (Lipinski definition) is 1. The van der Waals surface area contributed by atoms with Gasteiger partial charge in [0.25, 0.3) is 5.91 Å². The van der Waals surface area contributed by atoms with Gasteiger partial charge in [0.2, 0.25) is 0 Å². The number of aromatic nitrogens is 2. The van der Waals surface area contributed by atoms with E-state index in [-0.39, 0.29) is 5.91 Å². The number of nitrogens with one attached hydrogen (secondary N) is 1. The molecule has 130 valence electrons. The van der Waals surface area contributed by atoms with Crippen molar-refractivity contribution in [3.8, 4) is 10.6 Å². The molecule has 1 aliphatic carbocycles.